The van der Waals surface area contributed by atoms with Crippen LogP contribution in [-0.2, 0) is 0 Å². The van der Waals surface area contributed by atoms with Crippen molar-refractivity contribution in [3.8, 4) is 6.07 Å². The molecule has 0 aromatic heterocycles. The highest BCUT2D eigenvalue weighted by Gasteiger charge is 2.37. The molecule has 0 fully saturated rings. The average Bonchev–Trinajstić information content (AvgIpc) is 2.87. The minimum absolute atomic E-state index is 0.290. The Bertz CT molecular complexity index is 938. The molecule has 0 saturated carbocycles. The minimum atomic E-state index is -0.492. The Morgan fingerprint density at radius 2 is 1.64 bits per heavy atom. The van der Waals surface area contributed by atoms with E-state index in [0.717, 1.165) is 4.90 Å². The van der Waals surface area contributed by atoms with E-state index in [1.54, 1.807) is 54.6 Å². The molecular formula is C17H12N6O2. The van der Waals surface area contributed by atoms with Crippen LogP contribution >= 0.6 is 0 Å². The molecule has 0 spiro atoms. The summed E-state index contributed by atoms with van der Waals surface area (Å²) in [5.74, 6) is -1.37. The van der Waals surface area contributed by atoms with Crippen LogP contribution in [0.1, 0.15) is 20.7 Å². The summed E-state index contributed by atoms with van der Waals surface area (Å²) >= 11 is 0. The Balaban J connectivity index is 2.01. The van der Waals surface area contributed by atoms with Gasteiger partial charge in [0.05, 0.1) is 22.5 Å². The van der Waals surface area contributed by atoms with Gasteiger partial charge in [-0.2, -0.15) is 10.4 Å². The summed E-state index contributed by atoms with van der Waals surface area (Å²) in [5.41, 5.74) is 8.79. The quantitative estimate of drug-likeness (QED) is 0.339. The number of carbonyl (C=O) groups is 2. The number of amidine groups is 1. The fraction of sp³-hybridized carbons (Fsp3) is 0. The van der Waals surface area contributed by atoms with E-state index in [1.807, 2.05) is 0 Å². The van der Waals surface area contributed by atoms with Crippen molar-refractivity contribution in [3.63, 3.8) is 0 Å². The number of nitrogens with one attached hydrogen (secondary N) is 2. The number of nitriles is 1. The van der Waals surface area contributed by atoms with Gasteiger partial charge >= 0.3 is 0 Å². The van der Waals surface area contributed by atoms with Crippen molar-refractivity contribution < 1.29 is 9.59 Å². The van der Waals surface area contributed by atoms with Crippen LogP contribution in [0.4, 0.5) is 11.4 Å². The van der Waals surface area contributed by atoms with Crippen LogP contribution in [0.15, 0.2) is 53.6 Å². The first-order valence-electron chi connectivity index (χ1n) is 7.19. The number of amides is 2. The third-order valence-corrected chi connectivity index (χ3v) is 3.59. The summed E-state index contributed by atoms with van der Waals surface area (Å²) in [6.07, 6.45) is 0. The van der Waals surface area contributed by atoms with Crippen molar-refractivity contribution in [2.24, 2.45) is 10.8 Å². The monoisotopic (exact) mass is 332 g/mol. The molecule has 2 aromatic carbocycles. The normalized spacial score (nSPS) is 13.4. The Hall–Kier alpha value is -3.99. The standard InChI is InChI=1S/C17H12N6O2/c18-9-13(15(19)20)22-21-12-7-3-4-8-14(12)23-16(24)10-5-1-2-6-11(10)17(23)25/h1-8,21H,(H3,19,20)/b22-13+. The third kappa shape index (κ3) is 2.70. The molecule has 3 rings (SSSR count). The fourth-order valence-corrected chi connectivity index (χ4v) is 2.43. The van der Waals surface area contributed by atoms with E-state index in [0.29, 0.717) is 22.5 Å². The molecular weight excluding hydrogens is 320 g/mol. The second-order valence-corrected chi connectivity index (χ2v) is 5.11. The first kappa shape index (κ1) is 15.9. The number of hydrogen-bond acceptors (Lipinski definition) is 6. The molecule has 1 heterocycles. The molecule has 0 unspecified atom stereocenters. The predicted molar refractivity (Wildman–Crippen MR) is 92.6 cm³/mol. The summed E-state index contributed by atoms with van der Waals surface area (Å²) in [6.45, 7) is 0. The van der Waals surface area contributed by atoms with Gasteiger partial charge in [-0.25, -0.2) is 4.90 Å². The van der Waals surface area contributed by atoms with Crippen LogP contribution in [0, 0.1) is 16.7 Å². The van der Waals surface area contributed by atoms with Crippen LogP contribution in [0.5, 0.6) is 0 Å². The number of nitrogens with two attached hydrogens (primary N) is 1. The summed E-state index contributed by atoms with van der Waals surface area (Å²) in [7, 11) is 0. The number of rotatable bonds is 4. The summed E-state index contributed by atoms with van der Waals surface area (Å²) in [4.78, 5) is 26.2. The number of imide groups is 1. The lowest BCUT2D eigenvalue weighted by Gasteiger charge is -2.17. The zero-order valence-electron chi connectivity index (χ0n) is 12.9. The lowest BCUT2D eigenvalue weighted by molar-refractivity contribution is 0.0926. The third-order valence-electron chi connectivity index (χ3n) is 3.59. The molecule has 1 aliphatic heterocycles. The molecule has 0 bridgehead atoms. The second-order valence-electron chi connectivity index (χ2n) is 5.11. The van der Waals surface area contributed by atoms with Crippen molar-refractivity contribution in [1.82, 2.24) is 0 Å². The second kappa shape index (κ2) is 6.25. The Morgan fingerprint density at radius 3 is 2.20 bits per heavy atom. The lowest BCUT2D eigenvalue weighted by atomic mass is 10.1. The van der Waals surface area contributed by atoms with E-state index in [2.05, 4.69) is 10.5 Å². The number of hydrogen-bond donors (Lipinski definition) is 3. The van der Waals surface area contributed by atoms with E-state index >= 15 is 0 Å². The molecule has 4 N–H and O–H groups in total. The molecule has 0 saturated heterocycles. The highest BCUT2D eigenvalue weighted by Crippen LogP contribution is 2.33. The molecule has 8 nitrogen and oxygen atoms in total. The molecule has 122 valence electrons. The van der Waals surface area contributed by atoms with Gasteiger partial charge in [0.25, 0.3) is 11.8 Å². The van der Waals surface area contributed by atoms with Gasteiger partial charge in [-0.15, -0.1) is 0 Å². The first-order chi connectivity index (χ1) is 12.0. The Labute approximate surface area is 142 Å². The van der Waals surface area contributed by atoms with E-state index < -0.39 is 17.6 Å². The van der Waals surface area contributed by atoms with E-state index in [4.69, 9.17) is 16.4 Å². The van der Waals surface area contributed by atoms with Crippen molar-refractivity contribution in [1.29, 1.82) is 10.7 Å². The minimum Gasteiger partial charge on any atom is -0.382 e. The topological polar surface area (TPSA) is 135 Å². The van der Waals surface area contributed by atoms with Gasteiger partial charge in [0.2, 0.25) is 5.71 Å². The maximum Gasteiger partial charge on any atom is 0.266 e. The number of para-hydroxylation sites is 2. The zero-order valence-corrected chi connectivity index (χ0v) is 12.9. The van der Waals surface area contributed by atoms with Crippen molar-refractivity contribution in [2.45, 2.75) is 0 Å². The molecule has 0 aliphatic carbocycles. The summed E-state index contributed by atoms with van der Waals surface area (Å²) in [5, 5.41) is 19.9. The van der Waals surface area contributed by atoms with Gasteiger partial charge in [0.15, 0.2) is 5.84 Å². The summed E-state index contributed by atoms with van der Waals surface area (Å²) < 4.78 is 0. The number of fused-ring (bicyclic) bond motifs is 1. The van der Waals surface area contributed by atoms with E-state index in [1.165, 1.54) is 0 Å². The molecule has 8 heteroatoms. The van der Waals surface area contributed by atoms with Gasteiger partial charge in [-0.1, -0.05) is 24.3 Å². The van der Waals surface area contributed by atoms with Gasteiger partial charge in [-0.3, -0.25) is 20.4 Å². The fourth-order valence-electron chi connectivity index (χ4n) is 2.43. The Kier molecular flexibility index (Phi) is 3.97. The van der Waals surface area contributed by atoms with Crippen LogP contribution in [-0.4, -0.2) is 23.4 Å². The molecule has 2 amide bonds. The SMILES string of the molecule is N#C/C(=N\Nc1ccccc1N1C(=O)c2ccccc2C1=O)C(=N)N. The van der Waals surface area contributed by atoms with Crippen LogP contribution in [0.25, 0.3) is 0 Å². The first-order valence-corrected chi connectivity index (χ1v) is 7.19. The molecule has 1 aliphatic rings. The van der Waals surface area contributed by atoms with Crippen molar-refractivity contribution in [3.05, 3.63) is 59.7 Å². The largest absolute Gasteiger partial charge is 0.382 e. The average molecular weight is 332 g/mol. The number of nitrogens with zero attached hydrogens (tertiary/aromatic N) is 3. The smallest absolute Gasteiger partial charge is 0.266 e. The van der Waals surface area contributed by atoms with Crippen LogP contribution < -0.4 is 16.1 Å². The van der Waals surface area contributed by atoms with Crippen molar-refractivity contribution >= 4 is 34.7 Å². The van der Waals surface area contributed by atoms with Gasteiger partial charge in [0.1, 0.15) is 6.07 Å². The van der Waals surface area contributed by atoms with E-state index in [9.17, 15) is 9.59 Å². The molecule has 0 radical (unpaired) electrons. The van der Waals surface area contributed by atoms with Gasteiger partial charge < -0.3 is 5.73 Å². The number of hydrazone groups is 1. The molecule has 0 atom stereocenters. The maximum atomic E-state index is 12.6. The molecule has 25 heavy (non-hydrogen) atoms. The summed E-state index contributed by atoms with van der Waals surface area (Å²) in [6, 6.07) is 14.8. The highest BCUT2D eigenvalue weighted by molar-refractivity contribution is 6.46. The zero-order chi connectivity index (χ0) is 18.0. The lowest BCUT2D eigenvalue weighted by Crippen LogP contribution is -2.30. The highest BCUT2D eigenvalue weighted by atomic mass is 16.2. The van der Waals surface area contributed by atoms with Crippen LogP contribution in [0.2, 0.25) is 0 Å². The number of anilines is 2. The Morgan fingerprint density at radius 1 is 1.08 bits per heavy atom. The predicted octanol–water partition coefficient (Wildman–Crippen LogP) is 1.71. The van der Waals surface area contributed by atoms with Crippen LogP contribution in [0.3, 0.4) is 0 Å². The maximum absolute atomic E-state index is 12.6. The van der Waals surface area contributed by atoms with E-state index in [-0.39, 0.29) is 5.71 Å². The number of benzene rings is 2. The van der Waals surface area contributed by atoms with Crippen molar-refractivity contribution in [2.75, 3.05) is 10.3 Å². The van der Waals surface area contributed by atoms with Gasteiger partial charge in [-0.05, 0) is 24.3 Å². The molecule has 2 aromatic rings. The van der Waals surface area contributed by atoms with Gasteiger partial charge in [0, 0.05) is 0 Å². The number of carbonyl (C=O) groups excluding carboxylic acids is 2.